The van der Waals surface area contributed by atoms with Crippen LogP contribution in [0.4, 0.5) is 5.95 Å². The second-order valence-corrected chi connectivity index (χ2v) is 5.33. The zero-order valence-corrected chi connectivity index (χ0v) is 12.1. The first-order chi connectivity index (χ1) is 10.2. The standard InChI is InChI=1S/C15H12N4OS/c1-10-12(13(20)19-15-16-8-5-9-17-15)21-14(18-10)11-6-3-2-4-7-11/h2-9H,1H3,(H,16,17,19,20). The maximum Gasteiger partial charge on any atom is 0.270 e. The molecular formula is C15H12N4OS. The molecule has 0 bridgehead atoms. The molecule has 104 valence electrons. The number of rotatable bonds is 3. The minimum absolute atomic E-state index is 0.238. The fourth-order valence-corrected chi connectivity index (χ4v) is 2.80. The SMILES string of the molecule is Cc1nc(-c2ccccc2)sc1C(=O)Nc1ncccn1. The predicted octanol–water partition coefficient (Wildman–Crippen LogP) is 3.16. The van der Waals surface area contributed by atoms with Gasteiger partial charge in [-0.15, -0.1) is 11.3 Å². The number of hydrogen-bond acceptors (Lipinski definition) is 5. The zero-order chi connectivity index (χ0) is 14.7. The van der Waals surface area contributed by atoms with Crippen LogP contribution in [0.25, 0.3) is 10.6 Å². The van der Waals surface area contributed by atoms with Crippen LogP contribution in [-0.2, 0) is 0 Å². The van der Waals surface area contributed by atoms with E-state index in [1.807, 2.05) is 37.3 Å². The molecule has 0 radical (unpaired) electrons. The van der Waals surface area contributed by atoms with Crippen molar-refractivity contribution in [3.8, 4) is 10.6 Å². The van der Waals surface area contributed by atoms with Crippen LogP contribution in [0.2, 0.25) is 0 Å². The van der Waals surface area contributed by atoms with Crippen LogP contribution in [0.1, 0.15) is 15.4 Å². The van der Waals surface area contributed by atoms with Gasteiger partial charge in [-0.1, -0.05) is 30.3 Å². The third kappa shape index (κ3) is 2.95. The molecule has 0 atom stereocenters. The van der Waals surface area contributed by atoms with Crippen LogP contribution in [0.5, 0.6) is 0 Å². The molecule has 0 spiro atoms. The fraction of sp³-hybridized carbons (Fsp3) is 0.0667. The molecule has 5 nitrogen and oxygen atoms in total. The van der Waals surface area contributed by atoms with Crippen LogP contribution in [0, 0.1) is 6.92 Å². The molecule has 21 heavy (non-hydrogen) atoms. The van der Waals surface area contributed by atoms with E-state index in [4.69, 9.17) is 0 Å². The molecule has 2 heterocycles. The summed E-state index contributed by atoms with van der Waals surface area (Å²) in [7, 11) is 0. The molecule has 0 saturated carbocycles. The van der Waals surface area contributed by atoms with Crippen LogP contribution in [0.15, 0.2) is 48.8 Å². The summed E-state index contributed by atoms with van der Waals surface area (Å²) in [5.41, 5.74) is 1.70. The summed E-state index contributed by atoms with van der Waals surface area (Å²) in [4.78, 5) is 25.3. The Morgan fingerprint density at radius 3 is 2.52 bits per heavy atom. The average molecular weight is 296 g/mol. The van der Waals surface area contributed by atoms with E-state index in [2.05, 4.69) is 20.3 Å². The quantitative estimate of drug-likeness (QED) is 0.806. The van der Waals surface area contributed by atoms with Gasteiger partial charge in [-0.25, -0.2) is 15.0 Å². The Bertz CT molecular complexity index is 756. The fourth-order valence-electron chi connectivity index (χ4n) is 1.83. The lowest BCUT2D eigenvalue weighted by Crippen LogP contribution is -2.13. The second-order valence-electron chi connectivity index (χ2n) is 4.33. The highest BCUT2D eigenvalue weighted by Gasteiger charge is 2.16. The molecule has 1 N–H and O–H groups in total. The molecule has 0 aliphatic carbocycles. The highest BCUT2D eigenvalue weighted by molar-refractivity contribution is 7.17. The molecule has 0 aliphatic rings. The van der Waals surface area contributed by atoms with Crippen molar-refractivity contribution in [3.63, 3.8) is 0 Å². The van der Waals surface area contributed by atoms with E-state index in [-0.39, 0.29) is 11.9 Å². The molecule has 0 aliphatic heterocycles. The number of anilines is 1. The number of aromatic nitrogens is 3. The lowest BCUT2D eigenvalue weighted by Gasteiger charge is -2.00. The van der Waals surface area contributed by atoms with E-state index < -0.39 is 0 Å². The minimum Gasteiger partial charge on any atom is -0.290 e. The Kier molecular flexibility index (Phi) is 3.70. The monoisotopic (exact) mass is 296 g/mol. The third-order valence-electron chi connectivity index (χ3n) is 2.81. The van der Waals surface area contributed by atoms with Gasteiger partial charge in [0.05, 0.1) is 5.69 Å². The molecule has 1 aromatic carbocycles. The van der Waals surface area contributed by atoms with Gasteiger partial charge in [-0.3, -0.25) is 10.1 Å². The predicted molar refractivity (Wildman–Crippen MR) is 82.3 cm³/mol. The van der Waals surface area contributed by atoms with Crippen LogP contribution < -0.4 is 5.32 Å². The molecule has 1 amide bonds. The molecule has 0 saturated heterocycles. The number of amides is 1. The number of nitrogens with one attached hydrogen (secondary N) is 1. The Morgan fingerprint density at radius 2 is 1.81 bits per heavy atom. The van der Waals surface area contributed by atoms with Crippen molar-refractivity contribution >= 4 is 23.2 Å². The summed E-state index contributed by atoms with van der Waals surface area (Å²) in [6, 6.07) is 11.5. The largest absolute Gasteiger partial charge is 0.290 e. The number of aryl methyl sites for hydroxylation is 1. The van der Waals surface area contributed by atoms with Gasteiger partial charge in [0.1, 0.15) is 9.88 Å². The first-order valence-electron chi connectivity index (χ1n) is 6.35. The topological polar surface area (TPSA) is 67.8 Å². The Labute approximate surface area is 125 Å². The highest BCUT2D eigenvalue weighted by Crippen LogP contribution is 2.28. The van der Waals surface area contributed by atoms with Gasteiger partial charge >= 0.3 is 0 Å². The summed E-state index contributed by atoms with van der Waals surface area (Å²) in [5.74, 6) is 0.0509. The lowest BCUT2D eigenvalue weighted by atomic mass is 10.2. The molecular weight excluding hydrogens is 284 g/mol. The van der Waals surface area contributed by atoms with Crippen molar-refractivity contribution in [3.05, 3.63) is 59.4 Å². The molecule has 3 aromatic rings. The molecule has 0 fully saturated rings. The van der Waals surface area contributed by atoms with Crippen molar-refractivity contribution in [2.75, 3.05) is 5.32 Å². The number of carbonyl (C=O) groups excluding carboxylic acids is 1. The maximum atomic E-state index is 12.3. The second kappa shape index (κ2) is 5.80. The minimum atomic E-state index is -0.238. The van der Waals surface area contributed by atoms with Gasteiger partial charge < -0.3 is 0 Å². The van der Waals surface area contributed by atoms with Crippen molar-refractivity contribution in [2.45, 2.75) is 6.92 Å². The van der Waals surface area contributed by atoms with Crippen molar-refractivity contribution < 1.29 is 4.79 Å². The normalized spacial score (nSPS) is 10.3. The zero-order valence-electron chi connectivity index (χ0n) is 11.3. The summed E-state index contributed by atoms with van der Waals surface area (Å²) in [5, 5.41) is 3.50. The Hall–Kier alpha value is -2.60. The maximum absolute atomic E-state index is 12.3. The number of carbonyl (C=O) groups is 1. The first-order valence-corrected chi connectivity index (χ1v) is 7.17. The highest BCUT2D eigenvalue weighted by atomic mass is 32.1. The van der Waals surface area contributed by atoms with Crippen molar-refractivity contribution in [1.29, 1.82) is 0 Å². The van der Waals surface area contributed by atoms with E-state index in [0.717, 1.165) is 10.6 Å². The number of benzene rings is 1. The molecule has 2 aromatic heterocycles. The number of nitrogens with zero attached hydrogens (tertiary/aromatic N) is 3. The number of hydrogen-bond donors (Lipinski definition) is 1. The van der Waals surface area contributed by atoms with Gasteiger partial charge in [0.2, 0.25) is 5.95 Å². The molecule has 3 rings (SSSR count). The van der Waals surface area contributed by atoms with Gasteiger partial charge in [0.15, 0.2) is 0 Å². The van der Waals surface area contributed by atoms with Gasteiger partial charge in [0.25, 0.3) is 5.91 Å². The van der Waals surface area contributed by atoms with E-state index in [1.165, 1.54) is 11.3 Å². The van der Waals surface area contributed by atoms with Crippen molar-refractivity contribution in [1.82, 2.24) is 15.0 Å². The van der Waals surface area contributed by atoms with E-state index in [9.17, 15) is 4.79 Å². The average Bonchev–Trinajstić information content (AvgIpc) is 2.91. The Balaban J connectivity index is 1.86. The van der Waals surface area contributed by atoms with E-state index in [0.29, 0.717) is 10.6 Å². The van der Waals surface area contributed by atoms with Gasteiger partial charge in [-0.05, 0) is 13.0 Å². The number of thiazole rings is 1. The van der Waals surface area contributed by atoms with E-state index in [1.54, 1.807) is 18.5 Å². The lowest BCUT2D eigenvalue weighted by molar-refractivity contribution is 0.102. The summed E-state index contributed by atoms with van der Waals surface area (Å²) in [6.45, 7) is 1.82. The summed E-state index contributed by atoms with van der Waals surface area (Å²) < 4.78 is 0. The van der Waals surface area contributed by atoms with Crippen LogP contribution in [0.3, 0.4) is 0 Å². The van der Waals surface area contributed by atoms with Crippen molar-refractivity contribution in [2.24, 2.45) is 0 Å². The summed E-state index contributed by atoms with van der Waals surface area (Å²) >= 11 is 1.36. The van der Waals surface area contributed by atoms with E-state index >= 15 is 0 Å². The molecule has 0 unspecified atom stereocenters. The first kappa shape index (κ1) is 13.4. The van der Waals surface area contributed by atoms with Gasteiger partial charge in [0, 0.05) is 18.0 Å². The molecule has 6 heteroatoms. The van der Waals surface area contributed by atoms with Crippen LogP contribution in [-0.4, -0.2) is 20.9 Å². The third-order valence-corrected chi connectivity index (χ3v) is 4.02. The van der Waals surface area contributed by atoms with Gasteiger partial charge in [-0.2, -0.15) is 0 Å². The Morgan fingerprint density at radius 1 is 1.10 bits per heavy atom. The smallest absolute Gasteiger partial charge is 0.270 e. The van der Waals surface area contributed by atoms with Crippen LogP contribution >= 0.6 is 11.3 Å². The summed E-state index contributed by atoms with van der Waals surface area (Å²) in [6.07, 6.45) is 3.16.